The number of aryl methyl sites for hydroxylation is 1. The maximum Gasteiger partial charge on any atom is 0.175 e. The first-order valence-corrected chi connectivity index (χ1v) is 7.58. The fourth-order valence-corrected chi connectivity index (χ4v) is 2.25. The average Bonchev–Trinajstić information content (AvgIpc) is 3.06. The third-order valence-electron chi connectivity index (χ3n) is 3.56. The molecule has 0 aliphatic rings. The molecule has 3 aromatic rings. The molecule has 124 valence electrons. The van der Waals surface area contributed by atoms with E-state index in [1.54, 1.807) is 23.9 Å². The van der Waals surface area contributed by atoms with Gasteiger partial charge in [-0.2, -0.15) is 5.10 Å². The van der Waals surface area contributed by atoms with Gasteiger partial charge in [0.1, 0.15) is 11.6 Å². The zero-order chi connectivity index (χ0) is 16.9. The summed E-state index contributed by atoms with van der Waals surface area (Å²) in [6, 6.07) is 12.9. The van der Waals surface area contributed by atoms with Gasteiger partial charge < -0.3 is 15.2 Å². The van der Waals surface area contributed by atoms with Crippen molar-refractivity contribution in [3.8, 4) is 11.6 Å². The molecule has 24 heavy (non-hydrogen) atoms. The summed E-state index contributed by atoms with van der Waals surface area (Å²) >= 11 is 0. The predicted octanol–water partition coefficient (Wildman–Crippen LogP) is 2.12. The topological polar surface area (TPSA) is 85.1 Å². The first kappa shape index (κ1) is 15.9. The fraction of sp³-hybridized carbons (Fsp3) is 0.235. The Morgan fingerprint density at radius 2 is 2.08 bits per heavy atom. The van der Waals surface area contributed by atoms with Crippen molar-refractivity contribution in [2.45, 2.75) is 13.0 Å². The molecule has 2 heterocycles. The minimum absolute atomic E-state index is 0.322. The molecule has 3 rings (SSSR count). The van der Waals surface area contributed by atoms with Gasteiger partial charge in [0.05, 0.1) is 18.9 Å². The highest BCUT2D eigenvalue weighted by molar-refractivity contribution is 5.37. The van der Waals surface area contributed by atoms with Crippen molar-refractivity contribution in [1.82, 2.24) is 20.0 Å². The van der Waals surface area contributed by atoms with Gasteiger partial charge in [-0.1, -0.05) is 12.1 Å². The molecule has 2 N–H and O–H groups in total. The van der Waals surface area contributed by atoms with Gasteiger partial charge >= 0.3 is 0 Å². The molecule has 0 radical (unpaired) electrons. The van der Waals surface area contributed by atoms with E-state index in [-0.39, 0.29) is 0 Å². The third kappa shape index (κ3) is 3.69. The minimum atomic E-state index is -0.671. The second-order valence-corrected chi connectivity index (χ2v) is 5.35. The van der Waals surface area contributed by atoms with E-state index in [9.17, 15) is 5.11 Å². The molecule has 1 atom stereocenters. The number of aromatic nitrogens is 4. The smallest absolute Gasteiger partial charge is 0.175 e. The van der Waals surface area contributed by atoms with Crippen LogP contribution in [0.3, 0.4) is 0 Å². The highest BCUT2D eigenvalue weighted by Gasteiger charge is 2.09. The Labute approximate surface area is 139 Å². The second kappa shape index (κ2) is 7.10. The van der Waals surface area contributed by atoms with Crippen LogP contribution in [0, 0.1) is 6.92 Å². The number of nitrogens with zero attached hydrogens (tertiary/aromatic N) is 4. The highest BCUT2D eigenvalue weighted by atomic mass is 16.5. The standard InChI is InChI=1S/C17H19N5O2/c1-12-8-9-22(21-12)17-7-6-16(19-20-17)18-11-15(23)13-4-3-5-14(10-13)24-2/h3-10,15,23H,11H2,1-2H3,(H,18,19)/t15-/m0/s1. The molecule has 2 aromatic heterocycles. The molecule has 0 spiro atoms. The predicted molar refractivity (Wildman–Crippen MR) is 90.3 cm³/mol. The number of aliphatic hydroxyl groups is 1. The van der Waals surface area contributed by atoms with Crippen LogP contribution in [0.5, 0.6) is 5.75 Å². The lowest BCUT2D eigenvalue weighted by atomic mass is 10.1. The Morgan fingerprint density at radius 1 is 1.21 bits per heavy atom. The van der Waals surface area contributed by atoms with Gasteiger partial charge in [0.2, 0.25) is 0 Å². The molecule has 0 aliphatic carbocycles. The molecule has 0 saturated carbocycles. The lowest BCUT2D eigenvalue weighted by Gasteiger charge is -2.13. The average molecular weight is 325 g/mol. The van der Waals surface area contributed by atoms with Crippen LogP contribution in [0.25, 0.3) is 5.82 Å². The van der Waals surface area contributed by atoms with E-state index < -0.39 is 6.10 Å². The molecule has 0 saturated heterocycles. The number of nitrogens with one attached hydrogen (secondary N) is 1. The van der Waals surface area contributed by atoms with Crippen molar-refractivity contribution in [2.24, 2.45) is 0 Å². The molecule has 0 bridgehead atoms. The zero-order valence-corrected chi connectivity index (χ0v) is 13.5. The maximum atomic E-state index is 10.3. The molecule has 1 aromatic carbocycles. The van der Waals surface area contributed by atoms with Crippen molar-refractivity contribution < 1.29 is 9.84 Å². The first-order valence-electron chi connectivity index (χ1n) is 7.58. The number of ether oxygens (including phenoxy) is 1. The molecule has 0 aliphatic heterocycles. The van der Waals surface area contributed by atoms with Crippen LogP contribution in [0.15, 0.2) is 48.7 Å². The Morgan fingerprint density at radius 3 is 2.75 bits per heavy atom. The highest BCUT2D eigenvalue weighted by Crippen LogP contribution is 2.19. The van der Waals surface area contributed by atoms with Crippen LogP contribution in [0.1, 0.15) is 17.4 Å². The van der Waals surface area contributed by atoms with Gasteiger partial charge in [-0.25, -0.2) is 4.68 Å². The van der Waals surface area contributed by atoms with E-state index in [1.807, 2.05) is 43.5 Å². The number of rotatable bonds is 6. The summed E-state index contributed by atoms with van der Waals surface area (Å²) in [5, 5.41) is 25.8. The Hall–Kier alpha value is -2.93. The summed E-state index contributed by atoms with van der Waals surface area (Å²) < 4.78 is 6.83. The summed E-state index contributed by atoms with van der Waals surface area (Å²) in [4.78, 5) is 0. The molecule has 0 unspecified atom stereocenters. The van der Waals surface area contributed by atoms with Crippen LogP contribution >= 0.6 is 0 Å². The van der Waals surface area contributed by atoms with E-state index in [1.165, 1.54) is 0 Å². The van der Waals surface area contributed by atoms with E-state index >= 15 is 0 Å². The van der Waals surface area contributed by atoms with Crippen LogP contribution < -0.4 is 10.1 Å². The number of aliphatic hydroxyl groups excluding tert-OH is 1. The quantitative estimate of drug-likeness (QED) is 0.722. The molecule has 0 fully saturated rings. The fourth-order valence-electron chi connectivity index (χ4n) is 2.25. The Bertz CT molecular complexity index is 801. The number of hydrogen-bond acceptors (Lipinski definition) is 6. The number of benzene rings is 1. The van der Waals surface area contributed by atoms with E-state index in [0.717, 1.165) is 11.3 Å². The SMILES string of the molecule is COc1cccc([C@@H](O)CNc2ccc(-n3ccc(C)n3)nn2)c1. The third-order valence-corrected chi connectivity index (χ3v) is 3.56. The summed E-state index contributed by atoms with van der Waals surface area (Å²) in [7, 11) is 1.60. The normalized spacial score (nSPS) is 12.0. The summed E-state index contributed by atoms with van der Waals surface area (Å²) in [6.45, 7) is 2.24. The van der Waals surface area contributed by atoms with Gasteiger partial charge in [-0.05, 0) is 42.8 Å². The monoisotopic (exact) mass is 325 g/mol. The van der Waals surface area contributed by atoms with Crippen molar-refractivity contribution in [2.75, 3.05) is 19.0 Å². The zero-order valence-electron chi connectivity index (χ0n) is 13.5. The van der Waals surface area contributed by atoms with Gasteiger partial charge in [0, 0.05) is 12.7 Å². The van der Waals surface area contributed by atoms with Crippen LogP contribution in [-0.2, 0) is 0 Å². The molecule has 0 amide bonds. The summed E-state index contributed by atoms with van der Waals surface area (Å²) in [5.41, 5.74) is 1.69. The summed E-state index contributed by atoms with van der Waals surface area (Å²) in [5.74, 6) is 1.94. The van der Waals surface area contributed by atoms with Gasteiger partial charge in [0.15, 0.2) is 5.82 Å². The Kier molecular flexibility index (Phi) is 4.72. The largest absolute Gasteiger partial charge is 0.497 e. The van der Waals surface area contributed by atoms with Gasteiger partial charge in [-0.15, -0.1) is 10.2 Å². The Balaban J connectivity index is 1.62. The van der Waals surface area contributed by atoms with E-state index in [0.29, 0.717) is 23.9 Å². The number of hydrogen-bond donors (Lipinski definition) is 2. The van der Waals surface area contributed by atoms with Crippen molar-refractivity contribution in [3.63, 3.8) is 0 Å². The van der Waals surface area contributed by atoms with E-state index in [2.05, 4.69) is 20.6 Å². The van der Waals surface area contributed by atoms with Gasteiger partial charge in [0.25, 0.3) is 0 Å². The molecular weight excluding hydrogens is 306 g/mol. The molecule has 7 nitrogen and oxygen atoms in total. The summed E-state index contributed by atoms with van der Waals surface area (Å²) in [6.07, 6.45) is 1.16. The molecular formula is C17H19N5O2. The van der Waals surface area contributed by atoms with E-state index in [4.69, 9.17) is 4.74 Å². The van der Waals surface area contributed by atoms with Crippen molar-refractivity contribution >= 4 is 5.82 Å². The van der Waals surface area contributed by atoms with Crippen LogP contribution in [0.4, 0.5) is 5.82 Å². The van der Waals surface area contributed by atoms with Crippen molar-refractivity contribution in [3.05, 3.63) is 59.9 Å². The number of anilines is 1. The van der Waals surface area contributed by atoms with Crippen LogP contribution in [-0.4, -0.2) is 38.7 Å². The second-order valence-electron chi connectivity index (χ2n) is 5.35. The maximum absolute atomic E-state index is 10.3. The number of methoxy groups -OCH3 is 1. The lowest BCUT2D eigenvalue weighted by molar-refractivity contribution is 0.191. The van der Waals surface area contributed by atoms with Gasteiger partial charge in [-0.3, -0.25) is 0 Å². The lowest BCUT2D eigenvalue weighted by Crippen LogP contribution is -2.13. The van der Waals surface area contributed by atoms with Crippen LogP contribution in [0.2, 0.25) is 0 Å². The molecule has 7 heteroatoms. The van der Waals surface area contributed by atoms with Crippen molar-refractivity contribution in [1.29, 1.82) is 0 Å². The first-order chi connectivity index (χ1) is 11.7. The minimum Gasteiger partial charge on any atom is -0.497 e.